The second-order valence-electron chi connectivity index (χ2n) is 4.32. The molecule has 1 atom stereocenters. The Kier molecular flexibility index (Phi) is 4.42. The molecule has 0 saturated carbocycles. The normalized spacial score (nSPS) is 13.2. The zero-order chi connectivity index (χ0) is 14.8. The molecule has 0 amide bonds. The first-order chi connectivity index (χ1) is 9.40. The summed E-state index contributed by atoms with van der Waals surface area (Å²) in [6.45, 7) is 1.68. The molecule has 0 saturated heterocycles. The van der Waals surface area contributed by atoms with Gasteiger partial charge >= 0.3 is 0 Å². The van der Waals surface area contributed by atoms with Gasteiger partial charge < -0.3 is 0 Å². The maximum atomic E-state index is 12.8. The number of rotatable bonds is 4. The highest BCUT2D eigenvalue weighted by atomic mass is 35.5. The van der Waals surface area contributed by atoms with Gasteiger partial charge in [0.25, 0.3) is 0 Å². The molecule has 106 valence electrons. The molecule has 0 aromatic heterocycles. The molecule has 0 spiro atoms. The van der Waals surface area contributed by atoms with Crippen LogP contribution in [0.25, 0.3) is 0 Å². The lowest BCUT2D eigenvalue weighted by Crippen LogP contribution is -2.27. The largest absolute Gasteiger partial charge is 0.242 e. The summed E-state index contributed by atoms with van der Waals surface area (Å²) in [4.78, 5) is 0.0237. The van der Waals surface area contributed by atoms with Crippen molar-refractivity contribution in [3.63, 3.8) is 0 Å². The summed E-state index contributed by atoms with van der Waals surface area (Å²) in [6, 6.07) is 11.4. The average Bonchev–Trinajstić information content (AvgIpc) is 2.39. The highest BCUT2D eigenvalue weighted by molar-refractivity contribution is 7.89. The maximum Gasteiger partial charge on any atom is 0.242 e. The fourth-order valence-electron chi connectivity index (χ4n) is 1.78. The summed E-state index contributed by atoms with van der Waals surface area (Å²) in [5.74, 6) is -0.366. The Balaban J connectivity index is 2.24. The molecule has 2 rings (SSSR count). The van der Waals surface area contributed by atoms with Crippen molar-refractivity contribution >= 4 is 21.6 Å². The van der Waals surface area contributed by atoms with Gasteiger partial charge in [0, 0.05) is 6.04 Å². The minimum absolute atomic E-state index is 0.0237. The van der Waals surface area contributed by atoms with E-state index in [9.17, 15) is 12.8 Å². The van der Waals surface area contributed by atoms with Crippen LogP contribution in [-0.2, 0) is 10.0 Å². The van der Waals surface area contributed by atoms with Gasteiger partial charge in [0.1, 0.15) is 10.7 Å². The Morgan fingerprint density at radius 1 is 1.10 bits per heavy atom. The minimum Gasteiger partial charge on any atom is -0.207 e. The van der Waals surface area contributed by atoms with Crippen LogP contribution in [0.15, 0.2) is 53.4 Å². The number of sulfonamides is 1. The van der Waals surface area contributed by atoms with Crippen molar-refractivity contribution in [1.82, 2.24) is 4.72 Å². The SMILES string of the molecule is C[C@@H](NS(=O)(=O)c1ccccc1Cl)c1ccc(F)cc1. The molecule has 0 radical (unpaired) electrons. The van der Waals surface area contributed by atoms with Crippen LogP contribution in [0.2, 0.25) is 5.02 Å². The zero-order valence-electron chi connectivity index (χ0n) is 10.7. The smallest absolute Gasteiger partial charge is 0.207 e. The quantitative estimate of drug-likeness (QED) is 0.938. The first-order valence-corrected chi connectivity index (χ1v) is 7.78. The minimum atomic E-state index is -3.72. The Labute approximate surface area is 122 Å². The van der Waals surface area contributed by atoms with E-state index in [1.54, 1.807) is 19.1 Å². The van der Waals surface area contributed by atoms with Crippen LogP contribution in [0.4, 0.5) is 4.39 Å². The van der Waals surface area contributed by atoms with E-state index in [-0.39, 0.29) is 15.7 Å². The number of hydrogen-bond acceptors (Lipinski definition) is 2. The van der Waals surface area contributed by atoms with E-state index in [2.05, 4.69) is 4.72 Å². The highest BCUT2D eigenvalue weighted by Gasteiger charge is 2.20. The van der Waals surface area contributed by atoms with E-state index in [1.165, 1.54) is 36.4 Å². The third-order valence-electron chi connectivity index (χ3n) is 2.83. The molecule has 0 aliphatic rings. The molecule has 3 nitrogen and oxygen atoms in total. The Morgan fingerprint density at radius 2 is 1.70 bits per heavy atom. The van der Waals surface area contributed by atoms with Gasteiger partial charge in [0.2, 0.25) is 10.0 Å². The van der Waals surface area contributed by atoms with Gasteiger partial charge in [-0.1, -0.05) is 35.9 Å². The van der Waals surface area contributed by atoms with Crippen LogP contribution < -0.4 is 4.72 Å². The molecule has 1 N–H and O–H groups in total. The van der Waals surface area contributed by atoms with Gasteiger partial charge in [-0.05, 0) is 36.8 Å². The molecule has 0 bridgehead atoms. The average molecular weight is 314 g/mol. The van der Waals surface area contributed by atoms with E-state index in [0.29, 0.717) is 5.56 Å². The summed E-state index contributed by atoms with van der Waals surface area (Å²) in [5.41, 5.74) is 0.669. The van der Waals surface area contributed by atoms with Crippen LogP contribution in [0.5, 0.6) is 0 Å². The summed E-state index contributed by atoms with van der Waals surface area (Å²) in [5, 5.41) is 0.159. The molecule has 2 aromatic carbocycles. The third-order valence-corrected chi connectivity index (χ3v) is 4.87. The number of benzene rings is 2. The standard InChI is InChI=1S/C14H13ClFNO2S/c1-10(11-6-8-12(16)9-7-11)17-20(18,19)14-5-3-2-4-13(14)15/h2-10,17H,1H3/t10-/m1/s1. The molecular weight excluding hydrogens is 301 g/mol. The van der Waals surface area contributed by atoms with Crippen LogP contribution in [0.3, 0.4) is 0 Å². The second kappa shape index (κ2) is 5.91. The molecule has 0 fully saturated rings. The molecule has 2 aromatic rings. The summed E-state index contributed by atoms with van der Waals surface area (Å²) in [7, 11) is -3.72. The number of halogens is 2. The first kappa shape index (κ1) is 15.0. The second-order valence-corrected chi connectivity index (χ2v) is 6.41. The first-order valence-electron chi connectivity index (χ1n) is 5.92. The maximum absolute atomic E-state index is 12.8. The van der Waals surface area contributed by atoms with Crippen LogP contribution in [0.1, 0.15) is 18.5 Å². The molecule has 20 heavy (non-hydrogen) atoms. The monoisotopic (exact) mass is 313 g/mol. The fourth-order valence-corrected chi connectivity index (χ4v) is 3.53. The fraction of sp³-hybridized carbons (Fsp3) is 0.143. The van der Waals surface area contributed by atoms with Crippen molar-refractivity contribution in [2.75, 3.05) is 0 Å². The number of hydrogen-bond donors (Lipinski definition) is 1. The molecular formula is C14H13ClFNO2S. The van der Waals surface area contributed by atoms with Gasteiger partial charge in [-0.15, -0.1) is 0 Å². The summed E-state index contributed by atoms with van der Waals surface area (Å²) in [6.07, 6.45) is 0. The van der Waals surface area contributed by atoms with E-state index >= 15 is 0 Å². The highest BCUT2D eigenvalue weighted by Crippen LogP contribution is 2.23. The zero-order valence-corrected chi connectivity index (χ0v) is 12.2. The van der Waals surface area contributed by atoms with Gasteiger partial charge in [-0.25, -0.2) is 17.5 Å². The van der Waals surface area contributed by atoms with Gasteiger partial charge in [-0.3, -0.25) is 0 Å². The van der Waals surface area contributed by atoms with Crippen molar-refractivity contribution < 1.29 is 12.8 Å². The van der Waals surface area contributed by atoms with Crippen LogP contribution in [0, 0.1) is 5.82 Å². The van der Waals surface area contributed by atoms with E-state index < -0.39 is 16.1 Å². The molecule has 0 heterocycles. The Morgan fingerprint density at radius 3 is 2.30 bits per heavy atom. The van der Waals surface area contributed by atoms with E-state index in [4.69, 9.17) is 11.6 Å². The van der Waals surface area contributed by atoms with Crippen LogP contribution in [-0.4, -0.2) is 8.42 Å². The summed E-state index contributed by atoms with van der Waals surface area (Å²) < 4.78 is 39.8. The predicted molar refractivity (Wildman–Crippen MR) is 76.6 cm³/mol. The van der Waals surface area contributed by atoms with Crippen molar-refractivity contribution in [3.8, 4) is 0 Å². The third kappa shape index (κ3) is 3.36. The predicted octanol–water partition coefficient (Wildman–Crippen LogP) is 3.52. The molecule has 0 unspecified atom stereocenters. The van der Waals surface area contributed by atoms with Crippen LogP contribution >= 0.6 is 11.6 Å². The van der Waals surface area contributed by atoms with Crippen molar-refractivity contribution in [2.24, 2.45) is 0 Å². The van der Waals surface area contributed by atoms with Gasteiger partial charge in [-0.2, -0.15) is 0 Å². The van der Waals surface area contributed by atoms with Crippen molar-refractivity contribution in [2.45, 2.75) is 17.9 Å². The molecule has 0 aliphatic carbocycles. The molecule has 6 heteroatoms. The van der Waals surface area contributed by atoms with Crippen molar-refractivity contribution in [3.05, 3.63) is 64.9 Å². The Hall–Kier alpha value is -1.43. The van der Waals surface area contributed by atoms with E-state index in [0.717, 1.165) is 0 Å². The lowest BCUT2D eigenvalue weighted by atomic mass is 10.1. The van der Waals surface area contributed by atoms with E-state index in [1.807, 2.05) is 0 Å². The lowest BCUT2D eigenvalue weighted by Gasteiger charge is -2.15. The lowest BCUT2D eigenvalue weighted by molar-refractivity contribution is 0.566. The molecule has 0 aliphatic heterocycles. The van der Waals surface area contributed by atoms with Gasteiger partial charge in [0.05, 0.1) is 5.02 Å². The van der Waals surface area contributed by atoms with Crippen molar-refractivity contribution in [1.29, 1.82) is 0 Å². The number of nitrogens with one attached hydrogen (secondary N) is 1. The topological polar surface area (TPSA) is 46.2 Å². The Bertz CT molecular complexity index is 701. The van der Waals surface area contributed by atoms with Gasteiger partial charge in [0.15, 0.2) is 0 Å². The summed E-state index contributed by atoms with van der Waals surface area (Å²) >= 11 is 5.89.